The minimum Gasteiger partial charge on any atom is -0.493 e. The van der Waals surface area contributed by atoms with Gasteiger partial charge >= 0.3 is 0 Å². The Morgan fingerprint density at radius 3 is 2.22 bits per heavy atom. The first-order valence-electron chi connectivity index (χ1n) is 6.54. The number of ether oxygens (including phenoxy) is 1. The van der Waals surface area contributed by atoms with E-state index in [9.17, 15) is 0 Å². The van der Waals surface area contributed by atoms with Crippen molar-refractivity contribution < 1.29 is 9.57 Å². The normalized spacial score (nSPS) is 12.9. The lowest BCUT2D eigenvalue weighted by Crippen LogP contribution is -2.11. The molecule has 1 aromatic rings. The van der Waals surface area contributed by atoms with Gasteiger partial charge in [0.25, 0.3) is 0 Å². The summed E-state index contributed by atoms with van der Waals surface area (Å²) < 4.78 is 5.31. The molecule has 1 atom stereocenters. The van der Waals surface area contributed by atoms with E-state index in [4.69, 9.17) is 15.5 Å². The zero-order valence-electron chi connectivity index (χ0n) is 12.1. The van der Waals surface area contributed by atoms with E-state index in [1.54, 1.807) is 7.11 Å². The molecule has 0 fully saturated rings. The molecular formula is C15H25NO2. The molecule has 2 N–H and O–H groups in total. The molecule has 0 aliphatic heterocycles. The van der Waals surface area contributed by atoms with Crippen LogP contribution in [0.1, 0.15) is 45.6 Å². The number of nitrogens with two attached hydrogens (primary N) is 1. The summed E-state index contributed by atoms with van der Waals surface area (Å²) in [4.78, 5) is 4.79. The van der Waals surface area contributed by atoms with Crippen LogP contribution in [0.4, 0.5) is 0 Å². The summed E-state index contributed by atoms with van der Waals surface area (Å²) in [5, 5.41) is 0. The third kappa shape index (κ3) is 3.64. The largest absolute Gasteiger partial charge is 0.493 e. The van der Waals surface area contributed by atoms with Crippen LogP contribution in [-0.2, 0) is 0 Å². The highest BCUT2D eigenvalue weighted by Gasteiger charge is 2.19. The van der Waals surface area contributed by atoms with Gasteiger partial charge < -0.3 is 9.57 Å². The van der Waals surface area contributed by atoms with Crippen LogP contribution in [0.25, 0.3) is 0 Å². The van der Waals surface area contributed by atoms with Gasteiger partial charge in [-0.15, -0.1) is 0 Å². The second-order valence-electron chi connectivity index (χ2n) is 5.51. The fraction of sp³-hybridized carbons (Fsp3) is 0.600. The van der Waals surface area contributed by atoms with Crippen molar-refractivity contribution in [2.75, 3.05) is 7.11 Å². The van der Waals surface area contributed by atoms with Crippen LogP contribution in [-0.4, -0.2) is 7.11 Å². The highest BCUT2D eigenvalue weighted by Crippen LogP contribution is 2.36. The lowest BCUT2D eigenvalue weighted by molar-refractivity contribution is 0.305. The van der Waals surface area contributed by atoms with E-state index >= 15 is 0 Å². The van der Waals surface area contributed by atoms with E-state index in [-0.39, 0.29) is 0 Å². The summed E-state index contributed by atoms with van der Waals surface area (Å²) in [6.45, 7) is 9.02. The highest BCUT2D eigenvalue weighted by molar-refractivity contribution is 5.43. The molecule has 0 bridgehead atoms. The first-order chi connectivity index (χ1) is 8.49. The summed E-state index contributed by atoms with van der Waals surface area (Å²) in [6.07, 6.45) is 1.17. The van der Waals surface area contributed by atoms with Crippen LogP contribution < -0.4 is 15.5 Å². The summed E-state index contributed by atoms with van der Waals surface area (Å²) in [5.74, 6) is 8.30. The molecule has 1 rings (SSSR count). The van der Waals surface area contributed by atoms with Crippen LogP contribution in [0.2, 0.25) is 0 Å². The number of rotatable bonds is 6. The van der Waals surface area contributed by atoms with Crippen molar-refractivity contribution in [3.8, 4) is 11.5 Å². The number of hydrogen-bond acceptors (Lipinski definition) is 3. The van der Waals surface area contributed by atoms with Crippen molar-refractivity contribution in [1.82, 2.24) is 0 Å². The molecule has 0 aliphatic carbocycles. The quantitative estimate of drug-likeness (QED) is 0.783. The second-order valence-corrected chi connectivity index (χ2v) is 5.51. The van der Waals surface area contributed by atoms with Gasteiger partial charge in [-0.25, -0.2) is 0 Å². The Bertz CT molecular complexity index is 375. The third-order valence-electron chi connectivity index (χ3n) is 3.27. The van der Waals surface area contributed by atoms with Gasteiger partial charge in [0.15, 0.2) is 11.5 Å². The molecule has 0 aliphatic rings. The molecule has 18 heavy (non-hydrogen) atoms. The van der Waals surface area contributed by atoms with Crippen molar-refractivity contribution in [3.05, 3.63) is 23.8 Å². The third-order valence-corrected chi connectivity index (χ3v) is 3.27. The predicted molar refractivity (Wildman–Crippen MR) is 74.8 cm³/mol. The molecule has 3 heteroatoms. The fourth-order valence-corrected chi connectivity index (χ4v) is 2.31. The topological polar surface area (TPSA) is 44.5 Å². The highest BCUT2D eigenvalue weighted by atomic mass is 16.6. The zero-order chi connectivity index (χ0) is 13.7. The summed E-state index contributed by atoms with van der Waals surface area (Å²) in [6, 6.07) is 6.00. The number of hydrogen-bond donors (Lipinski definition) is 1. The van der Waals surface area contributed by atoms with Crippen molar-refractivity contribution in [2.24, 2.45) is 17.7 Å². The lowest BCUT2D eigenvalue weighted by atomic mass is 9.82. The van der Waals surface area contributed by atoms with E-state index in [1.165, 1.54) is 12.0 Å². The van der Waals surface area contributed by atoms with Gasteiger partial charge in [0.2, 0.25) is 0 Å². The maximum atomic E-state index is 5.31. The monoisotopic (exact) mass is 251 g/mol. The van der Waals surface area contributed by atoms with E-state index in [0.29, 0.717) is 29.3 Å². The lowest BCUT2D eigenvalue weighted by Gasteiger charge is -2.24. The Morgan fingerprint density at radius 1 is 1.11 bits per heavy atom. The van der Waals surface area contributed by atoms with Crippen LogP contribution in [0, 0.1) is 11.8 Å². The maximum Gasteiger partial charge on any atom is 0.188 e. The van der Waals surface area contributed by atoms with Gasteiger partial charge in [0, 0.05) is 0 Å². The Kier molecular flexibility index (Phi) is 5.48. The van der Waals surface area contributed by atoms with Crippen LogP contribution in [0.15, 0.2) is 18.2 Å². The predicted octanol–water partition coefficient (Wildman–Crippen LogP) is 3.73. The molecule has 0 saturated carbocycles. The molecular weight excluding hydrogens is 226 g/mol. The van der Waals surface area contributed by atoms with Crippen molar-refractivity contribution in [2.45, 2.75) is 40.0 Å². The van der Waals surface area contributed by atoms with Crippen molar-refractivity contribution in [1.29, 1.82) is 0 Å². The molecule has 0 spiro atoms. The van der Waals surface area contributed by atoms with Gasteiger partial charge in [-0.2, -0.15) is 5.90 Å². The van der Waals surface area contributed by atoms with E-state index in [1.807, 2.05) is 12.1 Å². The van der Waals surface area contributed by atoms with Gasteiger partial charge in [0.05, 0.1) is 7.11 Å². The molecule has 1 aromatic carbocycles. The minimum atomic E-state index is 0.533. The number of methoxy groups -OCH3 is 1. The molecule has 0 saturated heterocycles. The van der Waals surface area contributed by atoms with E-state index < -0.39 is 0 Å². The van der Waals surface area contributed by atoms with Crippen LogP contribution >= 0.6 is 0 Å². The summed E-state index contributed by atoms with van der Waals surface area (Å²) in [5.41, 5.74) is 1.29. The van der Waals surface area contributed by atoms with Gasteiger partial charge in [-0.05, 0) is 41.9 Å². The van der Waals surface area contributed by atoms with Gasteiger partial charge in [-0.1, -0.05) is 33.8 Å². The molecule has 0 amide bonds. The Morgan fingerprint density at radius 2 is 1.78 bits per heavy atom. The number of benzene rings is 1. The molecule has 0 radical (unpaired) electrons. The minimum absolute atomic E-state index is 0.533. The Labute approximate surface area is 110 Å². The second kappa shape index (κ2) is 6.64. The average Bonchev–Trinajstić information content (AvgIpc) is 2.34. The summed E-state index contributed by atoms with van der Waals surface area (Å²) >= 11 is 0. The van der Waals surface area contributed by atoms with E-state index in [0.717, 1.165) is 0 Å². The smallest absolute Gasteiger partial charge is 0.188 e. The van der Waals surface area contributed by atoms with Crippen LogP contribution in [0.5, 0.6) is 11.5 Å². The van der Waals surface area contributed by atoms with Crippen molar-refractivity contribution in [3.63, 3.8) is 0 Å². The molecule has 0 heterocycles. The SMILES string of the molecule is COc1cc(C(CC(C)C)C(C)C)ccc1ON. The van der Waals surface area contributed by atoms with Gasteiger partial charge in [0.1, 0.15) is 0 Å². The molecule has 0 aromatic heterocycles. The van der Waals surface area contributed by atoms with Gasteiger partial charge in [-0.3, -0.25) is 0 Å². The Balaban J connectivity index is 3.05. The molecule has 102 valence electrons. The van der Waals surface area contributed by atoms with Crippen LogP contribution in [0.3, 0.4) is 0 Å². The zero-order valence-corrected chi connectivity index (χ0v) is 12.1. The average molecular weight is 251 g/mol. The maximum absolute atomic E-state index is 5.31. The van der Waals surface area contributed by atoms with Crippen molar-refractivity contribution >= 4 is 0 Å². The first kappa shape index (κ1) is 14.8. The fourth-order valence-electron chi connectivity index (χ4n) is 2.31. The summed E-state index contributed by atoms with van der Waals surface area (Å²) in [7, 11) is 1.63. The Hall–Kier alpha value is -1.22. The van der Waals surface area contributed by atoms with E-state index in [2.05, 4.69) is 33.8 Å². The first-order valence-corrected chi connectivity index (χ1v) is 6.54. The molecule has 3 nitrogen and oxygen atoms in total. The standard InChI is InChI=1S/C15H25NO2/c1-10(2)8-13(11(3)4)12-6-7-14(18-16)15(9-12)17-5/h6-7,9-11,13H,8,16H2,1-5H3. The molecule has 1 unspecified atom stereocenters.